The number of hydrogen-bond donors (Lipinski definition) is 1. The maximum atomic E-state index is 12.2. The van der Waals surface area contributed by atoms with Gasteiger partial charge in [-0.15, -0.1) is 0 Å². The van der Waals surface area contributed by atoms with E-state index in [0.29, 0.717) is 17.5 Å². The number of para-hydroxylation sites is 2. The average Bonchev–Trinajstić information content (AvgIpc) is 2.81. The Morgan fingerprint density at radius 2 is 2.00 bits per heavy atom. The molecule has 124 valence electrons. The number of methoxy groups -OCH3 is 1. The molecule has 1 N–H and O–H groups in total. The summed E-state index contributed by atoms with van der Waals surface area (Å²) in [4.78, 5) is 35.8. The number of esters is 1. The van der Waals surface area contributed by atoms with Gasteiger partial charge in [-0.25, -0.2) is 9.59 Å². The maximum absolute atomic E-state index is 12.2. The maximum Gasteiger partial charge on any atom is 0.420 e. The largest absolute Gasteiger partial charge is 0.467 e. The van der Waals surface area contributed by atoms with E-state index in [1.165, 1.54) is 11.7 Å². The number of benzene rings is 1. The van der Waals surface area contributed by atoms with Gasteiger partial charge in [0.05, 0.1) is 12.6 Å². The zero-order valence-corrected chi connectivity index (χ0v) is 13.4. The molecule has 0 aliphatic heterocycles. The monoisotopic (exact) mass is 320 g/mol. The number of carbonyl (C=O) groups is 2. The molecule has 0 aliphatic carbocycles. The van der Waals surface area contributed by atoms with Crippen molar-refractivity contribution in [2.24, 2.45) is 5.92 Å². The minimum Gasteiger partial charge on any atom is -0.467 e. The molecular formula is C16H20N2O5. The fourth-order valence-electron chi connectivity index (χ4n) is 2.38. The third-order valence-electron chi connectivity index (χ3n) is 3.40. The summed E-state index contributed by atoms with van der Waals surface area (Å²) in [6.07, 6.45) is 0.458. The van der Waals surface area contributed by atoms with Crippen molar-refractivity contribution in [2.45, 2.75) is 32.9 Å². The smallest absolute Gasteiger partial charge is 0.420 e. The third kappa shape index (κ3) is 4.00. The molecule has 0 saturated carbocycles. The number of rotatable bonds is 6. The van der Waals surface area contributed by atoms with E-state index in [2.05, 4.69) is 5.32 Å². The van der Waals surface area contributed by atoms with Crippen LogP contribution in [0.25, 0.3) is 11.1 Å². The summed E-state index contributed by atoms with van der Waals surface area (Å²) >= 11 is 0. The van der Waals surface area contributed by atoms with Crippen LogP contribution in [0.3, 0.4) is 0 Å². The van der Waals surface area contributed by atoms with Gasteiger partial charge in [0.15, 0.2) is 5.58 Å². The Labute approximate surface area is 133 Å². The minimum absolute atomic E-state index is 0.205. The SMILES string of the molecule is COC(=O)[C@H](CC(C)C)NC(=O)Cn1c(=O)oc2ccccc21. The predicted octanol–water partition coefficient (Wildman–Crippen LogP) is 1.30. The first kappa shape index (κ1) is 16.8. The average molecular weight is 320 g/mol. The van der Waals surface area contributed by atoms with Crippen LogP contribution in [-0.2, 0) is 20.9 Å². The highest BCUT2D eigenvalue weighted by molar-refractivity contribution is 5.85. The first-order valence-electron chi connectivity index (χ1n) is 7.38. The molecular weight excluding hydrogens is 300 g/mol. The Balaban J connectivity index is 2.15. The zero-order chi connectivity index (χ0) is 17.0. The minimum atomic E-state index is -0.735. The second kappa shape index (κ2) is 7.13. The highest BCUT2D eigenvalue weighted by atomic mass is 16.5. The van der Waals surface area contributed by atoms with E-state index in [1.807, 2.05) is 13.8 Å². The lowest BCUT2D eigenvalue weighted by molar-refractivity contribution is -0.145. The van der Waals surface area contributed by atoms with Crippen LogP contribution in [0.5, 0.6) is 0 Å². The molecule has 0 spiro atoms. The lowest BCUT2D eigenvalue weighted by atomic mass is 10.0. The molecule has 1 aromatic carbocycles. The van der Waals surface area contributed by atoms with Crippen LogP contribution in [0.1, 0.15) is 20.3 Å². The lowest BCUT2D eigenvalue weighted by Gasteiger charge is -2.18. The summed E-state index contributed by atoms with van der Waals surface area (Å²) in [5, 5.41) is 2.61. The number of aromatic nitrogens is 1. The van der Waals surface area contributed by atoms with E-state index in [0.717, 1.165) is 0 Å². The number of carbonyl (C=O) groups excluding carboxylic acids is 2. The number of hydrogen-bond acceptors (Lipinski definition) is 5. The molecule has 0 fully saturated rings. The van der Waals surface area contributed by atoms with E-state index < -0.39 is 23.7 Å². The van der Waals surface area contributed by atoms with Crippen LogP contribution in [0.4, 0.5) is 0 Å². The van der Waals surface area contributed by atoms with Crippen molar-refractivity contribution < 1.29 is 18.7 Å². The van der Waals surface area contributed by atoms with Gasteiger partial charge < -0.3 is 14.5 Å². The van der Waals surface area contributed by atoms with Gasteiger partial charge in [0.1, 0.15) is 12.6 Å². The quantitative estimate of drug-likeness (QED) is 0.810. The van der Waals surface area contributed by atoms with Crippen molar-refractivity contribution in [3.8, 4) is 0 Å². The number of fused-ring (bicyclic) bond motifs is 1. The number of nitrogens with one attached hydrogen (secondary N) is 1. The van der Waals surface area contributed by atoms with E-state index in [4.69, 9.17) is 9.15 Å². The molecule has 1 amide bonds. The van der Waals surface area contributed by atoms with Gasteiger partial charge in [-0.1, -0.05) is 26.0 Å². The molecule has 0 bridgehead atoms. The van der Waals surface area contributed by atoms with Gasteiger partial charge in [-0.2, -0.15) is 0 Å². The number of ether oxygens (including phenoxy) is 1. The van der Waals surface area contributed by atoms with E-state index in [9.17, 15) is 14.4 Å². The molecule has 2 aromatic rings. The van der Waals surface area contributed by atoms with Crippen LogP contribution in [0, 0.1) is 5.92 Å². The van der Waals surface area contributed by atoms with Gasteiger partial charge in [0, 0.05) is 0 Å². The summed E-state index contributed by atoms with van der Waals surface area (Å²) in [7, 11) is 1.27. The first-order valence-corrected chi connectivity index (χ1v) is 7.38. The van der Waals surface area contributed by atoms with E-state index >= 15 is 0 Å². The van der Waals surface area contributed by atoms with Gasteiger partial charge in [-0.3, -0.25) is 9.36 Å². The summed E-state index contributed by atoms with van der Waals surface area (Å²) in [5.74, 6) is -1.36. The van der Waals surface area contributed by atoms with Crippen LogP contribution < -0.4 is 11.1 Å². The van der Waals surface area contributed by atoms with Crippen molar-refractivity contribution in [3.63, 3.8) is 0 Å². The summed E-state index contributed by atoms with van der Waals surface area (Å²) in [6, 6.07) is 6.11. The molecule has 7 heteroatoms. The Morgan fingerprint density at radius 3 is 2.65 bits per heavy atom. The molecule has 1 heterocycles. The van der Waals surface area contributed by atoms with Crippen molar-refractivity contribution in [1.29, 1.82) is 0 Å². The molecule has 1 aromatic heterocycles. The highest BCUT2D eigenvalue weighted by Gasteiger charge is 2.23. The van der Waals surface area contributed by atoms with Crippen molar-refractivity contribution in [1.82, 2.24) is 9.88 Å². The van der Waals surface area contributed by atoms with Crippen molar-refractivity contribution in [2.75, 3.05) is 7.11 Å². The topological polar surface area (TPSA) is 90.5 Å². The van der Waals surface area contributed by atoms with Gasteiger partial charge >= 0.3 is 11.7 Å². The molecule has 0 aliphatic rings. The molecule has 23 heavy (non-hydrogen) atoms. The lowest BCUT2D eigenvalue weighted by Crippen LogP contribution is -2.44. The molecule has 0 saturated heterocycles. The summed E-state index contributed by atoms with van der Waals surface area (Å²) in [5.41, 5.74) is 0.947. The van der Waals surface area contributed by atoms with Crippen LogP contribution in [0.2, 0.25) is 0 Å². The predicted molar refractivity (Wildman–Crippen MR) is 83.9 cm³/mol. The zero-order valence-electron chi connectivity index (χ0n) is 13.4. The number of amides is 1. The summed E-state index contributed by atoms with van der Waals surface area (Å²) in [6.45, 7) is 3.66. The first-order chi connectivity index (χ1) is 10.9. The fraction of sp³-hybridized carbons (Fsp3) is 0.438. The Hall–Kier alpha value is -2.57. The van der Waals surface area contributed by atoms with Crippen LogP contribution in [-0.4, -0.2) is 29.6 Å². The van der Waals surface area contributed by atoms with Gasteiger partial charge in [-0.05, 0) is 24.5 Å². The third-order valence-corrected chi connectivity index (χ3v) is 3.40. The normalized spacial score (nSPS) is 12.3. The second-order valence-electron chi connectivity index (χ2n) is 5.69. The number of oxazole rings is 1. The molecule has 2 rings (SSSR count). The molecule has 0 unspecified atom stereocenters. The second-order valence-corrected chi connectivity index (χ2v) is 5.69. The van der Waals surface area contributed by atoms with Crippen LogP contribution in [0.15, 0.2) is 33.5 Å². The van der Waals surface area contributed by atoms with E-state index in [1.54, 1.807) is 24.3 Å². The Morgan fingerprint density at radius 1 is 1.30 bits per heavy atom. The fourth-order valence-corrected chi connectivity index (χ4v) is 2.38. The standard InChI is InChI=1S/C16H20N2O5/c1-10(2)8-11(15(20)22-3)17-14(19)9-18-12-6-4-5-7-13(12)23-16(18)21/h4-7,10-11H,8-9H2,1-3H3,(H,17,19)/t11-/m0/s1. The Bertz CT molecular complexity index is 759. The Kier molecular flexibility index (Phi) is 5.20. The highest BCUT2D eigenvalue weighted by Crippen LogP contribution is 2.12. The molecule has 0 radical (unpaired) electrons. The van der Waals surface area contributed by atoms with Crippen LogP contribution >= 0.6 is 0 Å². The van der Waals surface area contributed by atoms with Gasteiger partial charge in [0.2, 0.25) is 5.91 Å². The van der Waals surface area contributed by atoms with Crippen molar-refractivity contribution in [3.05, 3.63) is 34.8 Å². The number of nitrogens with zero attached hydrogens (tertiary/aromatic N) is 1. The molecule has 1 atom stereocenters. The van der Waals surface area contributed by atoms with Crippen molar-refractivity contribution >= 4 is 23.0 Å². The molecule has 7 nitrogen and oxygen atoms in total. The van der Waals surface area contributed by atoms with Gasteiger partial charge in [0.25, 0.3) is 0 Å². The van der Waals surface area contributed by atoms with E-state index in [-0.39, 0.29) is 12.5 Å². The summed E-state index contributed by atoms with van der Waals surface area (Å²) < 4.78 is 11.0.